The molecule has 0 unspecified atom stereocenters. The number of nitrogens with one attached hydrogen (secondary N) is 1. The number of benzene rings is 1. The Morgan fingerprint density at radius 1 is 1.09 bits per heavy atom. The zero-order valence-corrected chi connectivity index (χ0v) is 20.0. The zero-order chi connectivity index (χ0) is 23.4. The van der Waals surface area contributed by atoms with Gasteiger partial charge in [0.1, 0.15) is 12.2 Å². The van der Waals surface area contributed by atoms with Crippen molar-refractivity contribution in [3.05, 3.63) is 35.9 Å². The molecule has 2 aliphatic heterocycles. The molecular weight excluding hydrogens is 406 g/mol. The van der Waals surface area contributed by atoms with Gasteiger partial charge in [-0.3, -0.25) is 9.59 Å². The molecule has 4 amide bonds. The number of hydrogen-bond donors (Lipinski definition) is 1. The van der Waals surface area contributed by atoms with E-state index >= 15 is 0 Å². The summed E-state index contributed by atoms with van der Waals surface area (Å²) in [5, 5.41) is 6.47. The van der Waals surface area contributed by atoms with Crippen LogP contribution in [0.1, 0.15) is 53.0 Å². The van der Waals surface area contributed by atoms with E-state index in [1.165, 1.54) is 0 Å². The van der Waals surface area contributed by atoms with Gasteiger partial charge in [-0.25, -0.2) is 14.8 Å². The second-order valence-corrected chi connectivity index (χ2v) is 8.90. The molecule has 2 heterocycles. The molecule has 1 N–H and O–H groups in total. The molecule has 0 aromatic heterocycles. The number of nitrogens with zero attached hydrogens (tertiary/aromatic N) is 4. The lowest BCUT2D eigenvalue weighted by atomic mass is 9.94. The lowest BCUT2D eigenvalue weighted by Gasteiger charge is -2.56. The van der Waals surface area contributed by atoms with E-state index in [1.807, 2.05) is 56.0 Å². The van der Waals surface area contributed by atoms with E-state index in [9.17, 15) is 14.4 Å². The number of carbonyl (C=O) groups is 3. The average molecular weight is 444 g/mol. The zero-order valence-electron chi connectivity index (χ0n) is 20.0. The van der Waals surface area contributed by atoms with E-state index in [-0.39, 0.29) is 36.3 Å². The molecule has 0 bridgehead atoms. The fraction of sp³-hybridized carbons (Fsp3) is 0.625. The molecule has 8 heteroatoms. The Bertz CT molecular complexity index is 811. The fourth-order valence-corrected chi connectivity index (χ4v) is 4.89. The van der Waals surface area contributed by atoms with Gasteiger partial charge in [-0.2, -0.15) is 0 Å². The number of urea groups is 1. The van der Waals surface area contributed by atoms with Crippen LogP contribution >= 0.6 is 0 Å². The first-order valence-electron chi connectivity index (χ1n) is 11.8. The Balaban J connectivity index is 1.93. The van der Waals surface area contributed by atoms with Gasteiger partial charge in [-0.15, -0.1) is 0 Å². The van der Waals surface area contributed by atoms with Crippen LogP contribution in [0.2, 0.25) is 0 Å². The van der Waals surface area contributed by atoms with E-state index in [0.717, 1.165) is 18.4 Å². The largest absolute Gasteiger partial charge is 0.334 e. The van der Waals surface area contributed by atoms with E-state index in [4.69, 9.17) is 0 Å². The predicted octanol–water partition coefficient (Wildman–Crippen LogP) is 2.66. The highest BCUT2D eigenvalue weighted by molar-refractivity contribution is 5.91. The number of fused-ring (bicyclic) bond motifs is 1. The molecule has 1 aromatic rings. The van der Waals surface area contributed by atoms with Gasteiger partial charge in [0.2, 0.25) is 11.8 Å². The number of piperazine rings is 1. The van der Waals surface area contributed by atoms with Gasteiger partial charge in [0.15, 0.2) is 0 Å². The molecular formula is C24H37N5O3. The molecule has 8 nitrogen and oxygen atoms in total. The highest BCUT2D eigenvalue weighted by Crippen LogP contribution is 2.31. The summed E-state index contributed by atoms with van der Waals surface area (Å²) in [6.45, 7) is 11.4. The van der Waals surface area contributed by atoms with Crippen LogP contribution in [0.4, 0.5) is 4.79 Å². The van der Waals surface area contributed by atoms with Gasteiger partial charge >= 0.3 is 6.03 Å². The van der Waals surface area contributed by atoms with Gasteiger partial charge in [0, 0.05) is 19.1 Å². The molecule has 0 radical (unpaired) electrons. The van der Waals surface area contributed by atoms with Gasteiger partial charge < -0.3 is 15.1 Å². The quantitative estimate of drug-likeness (QED) is 0.703. The van der Waals surface area contributed by atoms with Crippen LogP contribution in [0.5, 0.6) is 0 Å². The van der Waals surface area contributed by atoms with Gasteiger partial charge in [0.25, 0.3) is 0 Å². The maximum atomic E-state index is 13.5. The van der Waals surface area contributed by atoms with Crippen molar-refractivity contribution < 1.29 is 14.4 Å². The SMILES string of the molecule is CCC(CC)N1C[C@H]2N(C(=O)CN(CC)N2C(=O)NCc2ccccc2)[C@@H](C(C)C)C1=O. The Kier molecular flexibility index (Phi) is 7.77. The van der Waals surface area contributed by atoms with Crippen LogP contribution in [0.15, 0.2) is 30.3 Å². The summed E-state index contributed by atoms with van der Waals surface area (Å²) < 4.78 is 0. The first-order chi connectivity index (χ1) is 15.3. The van der Waals surface area contributed by atoms with E-state index in [0.29, 0.717) is 19.6 Å². The van der Waals surface area contributed by atoms with Gasteiger partial charge in [0.05, 0.1) is 13.1 Å². The molecule has 2 fully saturated rings. The number of amides is 4. The van der Waals surface area contributed by atoms with Crippen LogP contribution in [0.25, 0.3) is 0 Å². The molecule has 0 saturated carbocycles. The van der Waals surface area contributed by atoms with E-state index < -0.39 is 12.2 Å². The first kappa shape index (κ1) is 24.0. The summed E-state index contributed by atoms with van der Waals surface area (Å²) in [6, 6.07) is 9.02. The van der Waals surface area contributed by atoms with Crippen molar-refractivity contribution in [3.8, 4) is 0 Å². The second-order valence-electron chi connectivity index (χ2n) is 8.90. The minimum Gasteiger partial charge on any atom is -0.334 e. The number of hydrazine groups is 1. The standard InChI is InChI=1S/C24H37N5O3/c1-6-19(7-2)27-15-20-28(22(17(4)5)23(27)31)21(30)16-26(8-3)29(20)24(32)25-14-18-12-10-9-11-13-18/h9-13,17,19-20,22H,6-8,14-16H2,1-5H3,(H,25,32)/t20-,22-/m0/s1. The number of rotatable bonds is 7. The van der Waals surface area contributed by atoms with Crippen molar-refractivity contribution in [3.63, 3.8) is 0 Å². The highest BCUT2D eigenvalue weighted by Gasteiger charge is 2.52. The minimum absolute atomic E-state index is 0.00658. The van der Waals surface area contributed by atoms with Crippen molar-refractivity contribution in [2.75, 3.05) is 19.6 Å². The second kappa shape index (κ2) is 10.3. The van der Waals surface area contributed by atoms with Crippen LogP contribution in [-0.4, -0.2) is 75.5 Å². The maximum absolute atomic E-state index is 13.5. The lowest BCUT2D eigenvalue weighted by Crippen LogP contribution is -2.77. The van der Waals surface area contributed by atoms with Crippen molar-refractivity contribution >= 4 is 17.8 Å². The first-order valence-corrected chi connectivity index (χ1v) is 11.8. The van der Waals surface area contributed by atoms with Crippen molar-refractivity contribution in [2.45, 2.75) is 72.3 Å². The summed E-state index contributed by atoms with van der Waals surface area (Å²) >= 11 is 0. The van der Waals surface area contributed by atoms with Crippen LogP contribution in [0.3, 0.4) is 0 Å². The van der Waals surface area contributed by atoms with Gasteiger partial charge in [-0.1, -0.05) is 65.0 Å². The van der Waals surface area contributed by atoms with Crippen LogP contribution in [0, 0.1) is 5.92 Å². The normalized spacial score (nSPS) is 22.0. The molecule has 0 aliphatic carbocycles. The van der Waals surface area contributed by atoms with Crippen molar-refractivity contribution in [2.24, 2.45) is 5.92 Å². The molecule has 2 saturated heterocycles. The number of likely N-dealkylation sites (N-methyl/N-ethyl adjacent to an activating group) is 1. The number of carbonyl (C=O) groups excluding carboxylic acids is 3. The maximum Gasteiger partial charge on any atom is 0.334 e. The monoisotopic (exact) mass is 443 g/mol. The third-order valence-corrected chi connectivity index (χ3v) is 6.58. The molecule has 0 spiro atoms. The summed E-state index contributed by atoms with van der Waals surface area (Å²) in [4.78, 5) is 43.6. The smallest absolute Gasteiger partial charge is 0.334 e. The Morgan fingerprint density at radius 2 is 1.75 bits per heavy atom. The molecule has 2 atom stereocenters. The van der Waals surface area contributed by atoms with Gasteiger partial charge in [-0.05, 0) is 24.3 Å². The predicted molar refractivity (Wildman–Crippen MR) is 123 cm³/mol. The third kappa shape index (κ3) is 4.60. The molecule has 176 valence electrons. The van der Waals surface area contributed by atoms with Crippen LogP contribution < -0.4 is 5.32 Å². The molecule has 2 aliphatic rings. The fourth-order valence-electron chi connectivity index (χ4n) is 4.89. The summed E-state index contributed by atoms with van der Waals surface area (Å²) in [5.41, 5.74) is 1.01. The number of hydrogen-bond acceptors (Lipinski definition) is 4. The molecule has 32 heavy (non-hydrogen) atoms. The van der Waals surface area contributed by atoms with E-state index in [2.05, 4.69) is 19.2 Å². The summed E-state index contributed by atoms with van der Waals surface area (Å²) in [6.07, 6.45) is 1.16. The minimum atomic E-state index is -0.565. The molecule has 1 aromatic carbocycles. The van der Waals surface area contributed by atoms with E-state index in [1.54, 1.807) is 14.9 Å². The molecule has 3 rings (SSSR count). The Morgan fingerprint density at radius 3 is 2.31 bits per heavy atom. The van der Waals surface area contributed by atoms with Crippen LogP contribution in [-0.2, 0) is 16.1 Å². The summed E-state index contributed by atoms with van der Waals surface area (Å²) in [7, 11) is 0. The highest BCUT2D eigenvalue weighted by atomic mass is 16.2. The third-order valence-electron chi connectivity index (χ3n) is 6.58. The Hall–Kier alpha value is -2.61. The van der Waals surface area contributed by atoms with Crippen molar-refractivity contribution in [1.29, 1.82) is 0 Å². The van der Waals surface area contributed by atoms with Crippen molar-refractivity contribution in [1.82, 2.24) is 25.1 Å². The average Bonchev–Trinajstić information content (AvgIpc) is 2.79. The summed E-state index contributed by atoms with van der Waals surface area (Å²) in [5.74, 6) is -0.151. The Labute approximate surface area is 191 Å². The topological polar surface area (TPSA) is 76.2 Å². The lowest BCUT2D eigenvalue weighted by molar-refractivity contribution is -0.195.